The number of rotatable bonds is 6. The predicted octanol–water partition coefficient (Wildman–Crippen LogP) is 4.64. The molecule has 0 radical (unpaired) electrons. The van der Waals surface area contributed by atoms with Gasteiger partial charge in [-0.1, -0.05) is 11.6 Å². The van der Waals surface area contributed by atoms with Gasteiger partial charge in [0.1, 0.15) is 12.1 Å². The maximum Gasteiger partial charge on any atom is 0.246 e. The SMILES string of the molecule is Clc1ccc(Nc2ncn(-c3ccnc(Nc4ccc(N5CCOCC5)cc4)c3)n2)cc1. The fourth-order valence-electron chi connectivity index (χ4n) is 3.46. The van der Waals surface area contributed by atoms with Crippen LogP contribution in [0.4, 0.5) is 28.8 Å². The Kier molecular flexibility index (Phi) is 5.87. The maximum absolute atomic E-state index is 5.93. The lowest BCUT2D eigenvalue weighted by Crippen LogP contribution is -2.36. The number of nitrogens with zero attached hydrogens (tertiary/aromatic N) is 5. The summed E-state index contributed by atoms with van der Waals surface area (Å²) in [7, 11) is 0. The normalized spacial score (nSPS) is 13.7. The molecule has 0 unspecified atom stereocenters. The van der Waals surface area contributed by atoms with E-state index in [9.17, 15) is 0 Å². The third-order valence-corrected chi connectivity index (χ3v) is 5.37. The average molecular weight is 448 g/mol. The van der Waals surface area contributed by atoms with Crippen molar-refractivity contribution in [3.8, 4) is 5.69 Å². The molecule has 1 fully saturated rings. The van der Waals surface area contributed by atoms with E-state index in [1.165, 1.54) is 5.69 Å². The highest BCUT2D eigenvalue weighted by atomic mass is 35.5. The third kappa shape index (κ3) is 4.82. The molecule has 1 saturated heterocycles. The van der Waals surface area contributed by atoms with Crippen molar-refractivity contribution in [2.75, 3.05) is 41.8 Å². The zero-order valence-electron chi connectivity index (χ0n) is 17.3. The van der Waals surface area contributed by atoms with Crippen LogP contribution in [0.1, 0.15) is 0 Å². The highest BCUT2D eigenvalue weighted by Gasteiger charge is 2.11. The number of anilines is 5. The van der Waals surface area contributed by atoms with E-state index in [2.05, 4.69) is 54.9 Å². The molecule has 0 atom stereocenters. The van der Waals surface area contributed by atoms with Crippen LogP contribution in [0.25, 0.3) is 5.69 Å². The number of nitrogens with one attached hydrogen (secondary N) is 2. The summed E-state index contributed by atoms with van der Waals surface area (Å²) in [5.74, 6) is 1.22. The van der Waals surface area contributed by atoms with Crippen molar-refractivity contribution >= 4 is 40.4 Å². The zero-order valence-corrected chi connectivity index (χ0v) is 18.0. The summed E-state index contributed by atoms with van der Waals surface area (Å²) in [6, 6.07) is 19.5. The molecule has 0 bridgehead atoms. The van der Waals surface area contributed by atoms with Crippen molar-refractivity contribution in [1.29, 1.82) is 0 Å². The van der Waals surface area contributed by atoms with E-state index >= 15 is 0 Å². The lowest BCUT2D eigenvalue weighted by molar-refractivity contribution is 0.122. The molecule has 1 aliphatic heterocycles. The molecule has 4 aromatic rings. The van der Waals surface area contributed by atoms with Crippen LogP contribution in [-0.2, 0) is 4.74 Å². The lowest BCUT2D eigenvalue weighted by Gasteiger charge is -2.28. The molecular weight excluding hydrogens is 426 g/mol. The van der Waals surface area contributed by atoms with Crippen LogP contribution in [-0.4, -0.2) is 46.1 Å². The van der Waals surface area contributed by atoms with Gasteiger partial charge in [-0.2, -0.15) is 4.98 Å². The van der Waals surface area contributed by atoms with E-state index in [0.717, 1.165) is 49.2 Å². The van der Waals surface area contributed by atoms with Gasteiger partial charge < -0.3 is 20.3 Å². The van der Waals surface area contributed by atoms with Gasteiger partial charge in [0.15, 0.2) is 0 Å². The molecule has 8 nitrogen and oxygen atoms in total. The third-order valence-electron chi connectivity index (χ3n) is 5.12. The smallest absolute Gasteiger partial charge is 0.246 e. The quantitative estimate of drug-likeness (QED) is 0.445. The minimum absolute atomic E-state index is 0.498. The van der Waals surface area contributed by atoms with E-state index in [1.807, 2.05) is 36.4 Å². The Bertz CT molecular complexity index is 1170. The van der Waals surface area contributed by atoms with E-state index in [-0.39, 0.29) is 0 Å². The van der Waals surface area contributed by atoms with Gasteiger partial charge in [0.2, 0.25) is 5.95 Å². The Labute approximate surface area is 190 Å². The molecule has 0 saturated carbocycles. The molecular formula is C23H22ClN7O. The molecule has 2 N–H and O–H groups in total. The maximum atomic E-state index is 5.93. The fourth-order valence-corrected chi connectivity index (χ4v) is 3.59. The van der Waals surface area contributed by atoms with Crippen LogP contribution in [0.2, 0.25) is 5.02 Å². The fraction of sp³-hybridized carbons (Fsp3) is 0.174. The number of morpholine rings is 1. The first-order chi connectivity index (χ1) is 15.7. The van der Waals surface area contributed by atoms with Crippen molar-refractivity contribution < 1.29 is 4.74 Å². The van der Waals surface area contributed by atoms with Gasteiger partial charge >= 0.3 is 0 Å². The molecule has 2 aromatic carbocycles. The number of benzene rings is 2. The highest BCUT2D eigenvalue weighted by Crippen LogP contribution is 2.22. The van der Waals surface area contributed by atoms with E-state index in [4.69, 9.17) is 16.3 Å². The summed E-state index contributed by atoms with van der Waals surface area (Å²) in [5.41, 5.74) is 3.88. The van der Waals surface area contributed by atoms with Crippen LogP contribution in [0.5, 0.6) is 0 Å². The molecule has 9 heteroatoms. The summed E-state index contributed by atoms with van der Waals surface area (Å²) in [4.78, 5) is 11.1. The summed E-state index contributed by atoms with van der Waals surface area (Å²) in [6.07, 6.45) is 3.40. The van der Waals surface area contributed by atoms with E-state index in [0.29, 0.717) is 11.0 Å². The Morgan fingerprint density at radius 3 is 2.31 bits per heavy atom. The molecule has 162 valence electrons. The van der Waals surface area contributed by atoms with Crippen LogP contribution in [0.3, 0.4) is 0 Å². The van der Waals surface area contributed by atoms with Crippen LogP contribution < -0.4 is 15.5 Å². The number of pyridine rings is 1. The zero-order chi connectivity index (χ0) is 21.8. The molecule has 1 aliphatic rings. The lowest BCUT2D eigenvalue weighted by atomic mass is 10.2. The number of ether oxygens (including phenoxy) is 1. The minimum atomic E-state index is 0.498. The number of hydrogen-bond acceptors (Lipinski definition) is 7. The Morgan fingerprint density at radius 1 is 0.812 bits per heavy atom. The monoisotopic (exact) mass is 447 g/mol. The molecule has 0 spiro atoms. The van der Waals surface area contributed by atoms with Crippen molar-refractivity contribution in [3.63, 3.8) is 0 Å². The first-order valence-electron chi connectivity index (χ1n) is 10.3. The topological polar surface area (TPSA) is 80.1 Å². The second kappa shape index (κ2) is 9.25. The van der Waals surface area contributed by atoms with Gasteiger partial charge in [-0.25, -0.2) is 9.67 Å². The Balaban J connectivity index is 1.26. The van der Waals surface area contributed by atoms with Crippen molar-refractivity contribution in [2.45, 2.75) is 0 Å². The van der Waals surface area contributed by atoms with Gasteiger partial charge in [-0.3, -0.25) is 0 Å². The molecule has 0 amide bonds. The first-order valence-corrected chi connectivity index (χ1v) is 10.7. The average Bonchev–Trinajstić information content (AvgIpc) is 3.30. The number of hydrogen-bond donors (Lipinski definition) is 2. The van der Waals surface area contributed by atoms with Gasteiger partial charge in [0.05, 0.1) is 18.9 Å². The van der Waals surface area contributed by atoms with Crippen molar-refractivity contribution in [1.82, 2.24) is 19.7 Å². The summed E-state index contributed by atoms with van der Waals surface area (Å²) in [5, 5.41) is 11.7. The molecule has 32 heavy (non-hydrogen) atoms. The van der Waals surface area contributed by atoms with Gasteiger partial charge in [0, 0.05) is 47.4 Å². The van der Waals surface area contributed by atoms with Crippen LogP contribution >= 0.6 is 11.6 Å². The predicted molar refractivity (Wildman–Crippen MR) is 127 cm³/mol. The second-order valence-electron chi connectivity index (χ2n) is 7.32. The van der Waals surface area contributed by atoms with E-state index in [1.54, 1.807) is 17.2 Å². The standard InChI is InChI=1S/C23H22ClN7O/c24-17-1-3-19(4-2-17)28-23-26-16-31(29-23)21-9-10-25-22(15-21)27-18-5-7-20(8-6-18)30-11-13-32-14-12-30/h1-10,15-16H,11-14H2,(H,25,27)(H,28,29). The van der Waals surface area contributed by atoms with E-state index < -0.39 is 0 Å². The molecule has 5 rings (SSSR count). The first kappa shape index (κ1) is 20.3. The van der Waals surface area contributed by atoms with Crippen LogP contribution in [0.15, 0.2) is 73.2 Å². The highest BCUT2D eigenvalue weighted by molar-refractivity contribution is 6.30. The number of aromatic nitrogens is 4. The Hall–Kier alpha value is -3.62. The van der Waals surface area contributed by atoms with Gasteiger partial charge in [-0.05, 0) is 54.6 Å². The van der Waals surface area contributed by atoms with Crippen molar-refractivity contribution in [3.05, 3.63) is 78.2 Å². The molecule has 0 aliphatic carbocycles. The second-order valence-corrected chi connectivity index (χ2v) is 7.75. The number of halogens is 1. The molecule has 2 aromatic heterocycles. The molecule has 3 heterocycles. The van der Waals surface area contributed by atoms with Crippen molar-refractivity contribution in [2.24, 2.45) is 0 Å². The van der Waals surface area contributed by atoms with Crippen LogP contribution in [0, 0.1) is 0 Å². The minimum Gasteiger partial charge on any atom is -0.378 e. The van der Waals surface area contributed by atoms with Gasteiger partial charge in [-0.15, -0.1) is 5.10 Å². The summed E-state index contributed by atoms with van der Waals surface area (Å²) >= 11 is 5.93. The summed E-state index contributed by atoms with van der Waals surface area (Å²) in [6.45, 7) is 3.39. The summed E-state index contributed by atoms with van der Waals surface area (Å²) < 4.78 is 7.13. The Morgan fingerprint density at radius 2 is 1.53 bits per heavy atom. The largest absolute Gasteiger partial charge is 0.378 e. The van der Waals surface area contributed by atoms with Gasteiger partial charge in [0.25, 0.3) is 0 Å².